The van der Waals surface area contributed by atoms with E-state index in [1.807, 2.05) is 30.3 Å². The van der Waals surface area contributed by atoms with Crippen molar-refractivity contribution in [2.24, 2.45) is 0 Å². The summed E-state index contributed by atoms with van der Waals surface area (Å²) in [6.07, 6.45) is 4.23. The van der Waals surface area contributed by atoms with Gasteiger partial charge in [-0.05, 0) is 23.3 Å². The van der Waals surface area contributed by atoms with E-state index in [1.165, 1.54) is 5.56 Å². The van der Waals surface area contributed by atoms with Crippen molar-refractivity contribution in [3.05, 3.63) is 83.1 Å². The average molecular weight is 457 g/mol. The third-order valence-electron chi connectivity index (χ3n) is 3.87. The Morgan fingerprint density at radius 1 is 1.04 bits per heavy atom. The van der Waals surface area contributed by atoms with E-state index in [2.05, 4.69) is 53.5 Å². The molecule has 0 radical (unpaired) electrons. The molecule has 1 aliphatic rings. The molecule has 0 fully saturated rings. The van der Waals surface area contributed by atoms with Gasteiger partial charge in [0.05, 0.1) is 13.3 Å². The van der Waals surface area contributed by atoms with E-state index in [0.29, 0.717) is 6.61 Å². The highest BCUT2D eigenvalue weighted by Crippen LogP contribution is 2.22. The first kappa shape index (κ1) is 19.1. The molecule has 0 aromatic heterocycles. The minimum Gasteiger partial charge on any atom is -0.367 e. The summed E-state index contributed by atoms with van der Waals surface area (Å²) in [7, 11) is 2.07. The SMILES string of the molecule is CN1C=CN(CC(OCc2ccc(Cl)cc2)c2ccccc2)C1.I. The van der Waals surface area contributed by atoms with E-state index in [4.69, 9.17) is 16.3 Å². The molecular weight excluding hydrogens is 435 g/mol. The zero-order chi connectivity index (χ0) is 16.1. The summed E-state index contributed by atoms with van der Waals surface area (Å²) < 4.78 is 6.21. The normalized spacial score (nSPS) is 14.6. The molecule has 2 aromatic carbocycles. The molecule has 24 heavy (non-hydrogen) atoms. The van der Waals surface area contributed by atoms with Crippen LogP contribution in [0.4, 0.5) is 0 Å². The second-order valence-corrected chi connectivity index (χ2v) is 6.24. The van der Waals surface area contributed by atoms with E-state index >= 15 is 0 Å². The Morgan fingerprint density at radius 2 is 1.75 bits per heavy atom. The van der Waals surface area contributed by atoms with Gasteiger partial charge in [0.2, 0.25) is 0 Å². The Kier molecular flexibility index (Phi) is 7.40. The number of halogens is 2. The molecular formula is C19H22ClIN2O. The van der Waals surface area contributed by atoms with Crippen LogP contribution in [0.2, 0.25) is 5.02 Å². The van der Waals surface area contributed by atoms with E-state index in [0.717, 1.165) is 23.8 Å². The van der Waals surface area contributed by atoms with Crippen LogP contribution in [0.3, 0.4) is 0 Å². The third-order valence-corrected chi connectivity index (χ3v) is 4.12. The van der Waals surface area contributed by atoms with Crippen LogP contribution in [-0.2, 0) is 11.3 Å². The molecule has 1 unspecified atom stereocenters. The van der Waals surface area contributed by atoms with Crippen LogP contribution in [0.15, 0.2) is 67.0 Å². The van der Waals surface area contributed by atoms with E-state index in [9.17, 15) is 0 Å². The quantitative estimate of drug-likeness (QED) is 0.576. The summed E-state index contributed by atoms with van der Waals surface area (Å²) in [5, 5.41) is 0.749. The molecule has 0 bridgehead atoms. The first-order valence-corrected chi connectivity index (χ1v) is 8.12. The molecule has 1 heterocycles. The van der Waals surface area contributed by atoms with Crippen molar-refractivity contribution in [3.8, 4) is 0 Å². The Labute approximate surface area is 165 Å². The van der Waals surface area contributed by atoms with Crippen molar-refractivity contribution in [1.29, 1.82) is 0 Å². The van der Waals surface area contributed by atoms with Crippen LogP contribution in [0.25, 0.3) is 0 Å². The lowest BCUT2D eigenvalue weighted by atomic mass is 10.1. The Balaban J connectivity index is 0.00000208. The van der Waals surface area contributed by atoms with Gasteiger partial charge in [-0.2, -0.15) is 0 Å². The molecule has 0 N–H and O–H groups in total. The summed E-state index contributed by atoms with van der Waals surface area (Å²) in [5.41, 5.74) is 2.33. The molecule has 128 valence electrons. The molecule has 0 saturated heterocycles. The van der Waals surface area contributed by atoms with Crippen LogP contribution >= 0.6 is 35.6 Å². The van der Waals surface area contributed by atoms with Crippen molar-refractivity contribution >= 4 is 35.6 Å². The molecule has 1 aliphatic heterocycles. The smallest absolute Gasteiger partial charge is 0.100 e. The summed E-state index contributed by atoms with van der Waals surface area (Å²) in [4.78, 5) is 4.42. The largest absolute Gasteiger partial charge is 0.367 e. The number of ether oxygens (including phenoxy) is 1. The summed E-state index contributed by atoms with van der Waals surface area (Å²) in [5.74, 6) is 0. The zero-order valence-electron chi connectivity index (χ0n) is 13.6. The predicted molar refractivity (Wildman–Crippen MR) is 109 cm³/mol. The Hall–Kier alpha value is -1.24. The second kappa shape index (κ2) is 9.30. The van der Waals surface area contributed by atoms with E-state index in [1.54, 1.807) is 0 Å². The lowest BCUT2D eigenvalue weighted by molar-refractivity contribution is 0.0203. The highest BCUT2D eigenvalue weighted by atomic mass is 127. The standard InChI is InChI=1S/C19H21ClN2O.HI/c1-21-11-12-22(15-21)13-19(17-5-3-2-4-6-17)23-14-16-7-9-18(20)10-8-16;/h2-12,19H,13-15H2,1H3;1H. The van der Waals surface area contributed by atoms with Gasteiger partial charge in [-0.25, -0.2) is 0 Å². The number of hydrogen-bond acceptors (Lipinski definition) is 3. The first-order valence-electron chi connectivity index (χ1n) is 7.74. The molecule has 3 rings (SSSR count). The van der Waals surface area contributed by atoms with Crippen LogP contribution in [0, 0.1) is 0 Å². The molecule has 0 aliphatic carbocycles. The maximum absolute atomic E-state index is 6.21. The maximum Gasteiger partial charge on any atom is 0.100 e. The summed E-state index contributed by atoms with van der Waals surface area (Å²) >= 11 is 5.94. The van der Waals surface area contributed by atoms with Crippen molar-refractivity contribution in [3.63, 3.8) is 0 Å². The molecule has 3 nitrogen and oxygen atoms in total. The topological polar surface area (TPSA) is 15.7 Å². The van der Waals surface area contributed by atoms with Crippen molar-refractivity contribution in [2.45, 2.75) is 12.7 Å². The molecule has 2 aromatic rings. The van der Waals surface area contributed by atoms with Crippen LogP contribution in [-0.4, -0.2) is 30.1 Å². The van der Waals surface area contributed by atoms with Crippen molar-refractivity contribution in [1.82, 2.24) is 9.80 Å². The molecule has 5 heteroatoms. The summed E-state index contributed by atoms with van der Waals surface area (Å²) in [6, 6.07) is 18.2. The van der Waals surface area contributed by atoms with Gasteiger partial charge in [-0.1, -0.05) is 54.1 Å². The highest BCUT2D eigenvalue weighted by Gasteiger charge is 2.18. The zero-order valence-corrected chi connectivity index (χ0v) is 16.7. The van der Waals surface area contributed by atoms with E-state index < -0.39 is 0 Å². The van der Waals surface area contributed by atoms with Gasteiger partial charge < -0.3 is 14.5 Å². The molecule has 0 saturated carbocycles. The average Bonchev–Trinajstić information content (AvgIpc) is 2.99. The van der Waals surface area contributed by atoms with Gasteiger partial charge >= 0.3 is 0 Å². The molecule has 0 amide bonds. The van der Waals surface area contributed by atoms with Crippen molar-refractivity contribution < 1.29 is 4.74 Å². The number of rotatable bonds is 6. The number of nitrogens with zero attached hydrogens (tertiary/aromatic N) is 2. The molecule has 0 spiro atoms. The van der Waals surface area contributed by atoms with Gasteiger partial charge in [-0.15, -0.1) is 24.0 Å². The fourth-order valence-corrected chi connectivity index (χ4v) is 2.75. The van der Waals surface area contributed by atoms with Gasteiger partial charge in [0.25, 0.3) is 0 Å². The Morgan fingerprint density at radius 3 is 2.38 bits per heavy atom. The van der Waals surface area contributed by atoms with Gasteiger partial charge in [0.15, 0.2) is 0 Å². The minimum absolute atomic E-state index is 0. The monoisotopic (exact) mass is 456 g/mol. The second-order valence-electron chi connectivity index (χ2n) is 5.80. The van der Waals surface area contributed by atoms with Gasteiger partial charge in [-0.3, -0.25) is 0 Å². The van der Waals surface area contributed by atoms with Gasteiger partial charge in [0.1, 0.15) is 6.10 Å². The highest BCUT2D eigenvalue weighted by molar-refractivity contribution is 14.0. The minimum atomic E-state index is 0. The van der Waals surface area contributed by atoms with E-state index in [-0.39, 0.29) is 30.1 Å². The lowest BCUT2D eigenvalue weighted by Crippen LogP contribution is -2.28. The Bertz CT molecular complexity index is 648. The number of hydrogen-bond donors (Lipinski definition) is 0. The van der Waals surface area contributed by atoms with Crippen LogP contribution < -0.4 is 0 Å². The maximum atomic E-state index is 6.21. The third kappa shape index (κ3) is 5.40. The van der Waals surface area contributed by atoms with Gasteiger partial charge in [0, 0.05) is 31.0 Å². The first-order chi connectivity index (χ1) is 11.2. The fraction of sp³-hybridized carbons (Fsp3) is 0.263. The summed E-state index contributed by atoms with van der Waals surface area (Å²) in [6.45, 7) is 2.30. The van der Waals surface area contributed by atoms with Crippen LogP contribution in [0.5, 0.6) is 0 Å². The molecule has 1 atom stereocenters. The van der Waals surface area contributed by atoms with Crippen LogP contribution in [0.1, 0.15) is 17.2 Å². The van der Waals surface area contributed by atoms with Crippen molar-refractivity contribution in [2.75, 3.05) is 20.3 Å². The predicted octanol–water partition coefficient (Wildman–Crippen LogP) is 4.89. The fourth-order valence-electron chi connectivity index (χ4n) is 2.62. The lowest BCUT2D eigenvalue weighted by Gasteiger charge is -2.25. The number of benzene rings is 2.